The zero-order chi connectivity index (χ0) is 19.9. The lowest BCUT2D eigenvalue weighted by atomic mass is 9.85. The number of anilines is 1. The quantitative estimate of drug-likeness (QED) is 0.867. The van der Waals surface area contributed by atoms with E-state index in [1.165, 1.54) is 0 Å². The van der Waals surface area contributed by atoms with Crippen LogP contribution in [0.25, 0.3) is 0 Å². The predicted octanol–water partition coefficient (Wildman–Crippen LogP) is 2.51. The largest absolute Gasteiger partial charge is 0.383 e. The molecule has 7 nitrogen and oxygen atoms in total. The highest BCUT2D eigenvalue weighted by molar-refractivity contribution is 6.08. The summed E-state index contributed by atoms with van der Waals surface area (Å²) in [5.74, 6) is 1.26. The Morgan fingerprint density at radius 2 is 2.11 bits per heavy atom. The third kappa shape index (κ3) is 2.98. The van der Waals surface area contributed by atoms with Gasteiger partial charge in [-0.2, -0.15) is 0 Å². The SMILES string of the molecule is COCCN1C(=O)[C@@]2(CC[C@H]3CN(C(=O)Nc4ccccc4C)C[C@H]32)N=C1C. The van der Waals surface area contributed by atoms with Gasteiger partial charge in [-0.1, -0.05) is 18.2 Å². The minimum atomic E-state index is -0.694. The second kappa shape index (κ2) is 7.20. The lowest BCUT2D eigenvalue weighted by Gasteiger charge is -2.28. The van der Waals surface area contributed by atoms with Crippen LogP contribution in [0.5, 0.6) is 0 Å². The van der Waals surface area contributed by atoms with E-state index in [0.717, 1.165) is 29.9 Å². The molecule has 2 aliphatic heterocycles. The first-order valence-corrected chi connectivity index (χ1v) is 9.95. The lowest BCUT2D eigenvalue weighted by Crippen LogP contribution is -2.47. The highest BCUT2D eigenvalue weighted by atomic mass is 16.5. The van der Waals surface area contributed by atoms with Gasteiger partial charge >= 0.3 is 6.03 Å². The predicted molar refractivity (Wildman–Crippen MR) is 107 cm³/mol. The Labute approximate surface area is 165 Å². The Hall–Kier alpha value is -2.41. The molecular formula is C21H28N4O3. The first-order valence-electron chi connectivity index (χ1n) is 9.95. The molecule has 0 aromatic heterocycles. The summed E-state index contributed by atoms with van der Waals surface area (Å²) in [6, 6.07) is 7.66. The molecule has 0 radical (unpaired) electrons. The van der Waals surface area contributed by atoms with Crippen LogP contribution in [0.4, 0.5) is 10.5 Å². The van der Waals surface area contributed by atoms with Gasteiger partial charge in [-0.25, -0.2) is 4.79 Å². The number of para-hydroxylation sites is 1. The number of carbonyl (C=O) groups is 2. The van der Waals surface area contributed by atoms with Crippen molar-refractivity contribution in [3.8, 4) is 0 Å². The van der Waals surface area contributed by atoms with Crippen molar-refractivity contribution >= 4 is 23.5 Å². The fourth-order valence-electron chi connectivity index (χ4n) is 5.00. The summed E-state index contributed by atoms with van der Waals surface area (Å²) in [5.41, 5.74) is 1.17. The van der Waals surface area contributed by atoms with Gasteiger partial charge in [0.05, 0.1) is 13.2 Å². The standard InChI is InChI=1S/C21H28N4O3/c1-14-6-4-5-7-18(14)22-20(27)24-12-16-8-9-21(17(16)13-24)19(26)25(10-11-28-3)15(2)23-21/h4-7,16-17H,8-13H2,1-3H3,(H,22,27)/t16-,17+,21-/m0/s1. The number of carbonyl (C=O) groups excluding carboxylic acids is 2. The number of ether oxygens (including phenoxy) is 1. The fourth-order valence-corrected chi connectivity index (χ4v) is 5.00. The van der Waals surface area contributed by atoms with Crippen molar-refractivity contribution in [2.75, 3.05) is 38.7 Å². The average molecular weight is 384 g/mol. The molecule has 3 aliphatic rings. The van der Waals surface area contributed by atoms with Crippen LogP contribution in [-0.4, -0.2) is 66.5 Å². The van der Waals surface area contributed by atoms with Gasteiger partial charge in [-0.05, 0) is 44.2 Å². The Morgan fingerprint density at radius 3 is 2.86 bits per heavy atom. The Bertz CT molecular complexity index is 824. The van der Waals surface area contributed by atoms with Crippen LogP contribution in [0.3, 0.4) is 0 Å². The van der Waals surface area contributed by atoms with Crippen molar-refractivity contribution in [3.05, 3.63) is 29.8 Å². The van der Waals surface area contributed by atoms with E-state index in [0.29, 0.717) is 32.2 Å². The van der Waals surface area contributed by atoms with Crippen LogP contribution >= 0.6 is 0 Å². The zero-order valence-corrected chi connectivity index (χ0v) is 16.8. The molecule has 2 fully saturated rings. The van der Waals surface area contributed by atoms with Crippen LogP contribution in [0.2, 0.25) is 0 Å². The van der Waals surface area contributed by atoms with E-state index >= 15 is 0 Å². The molecule has 1 aromatic carbocycles. The van der Waals surface area contributed by atoms with E-state index < -0.39 is 5.54 Å². The van der Waals surface area contributed by atoms with E-state index in [4.69, 9.17) is 9.73 Å². The van der Waals surface area contributed by atoms with Crippen LogP contribution in [0.15, 0.2) is 29.3 Å². The molecule has 1 saturated carbocycles. The summed E-state index contributed by atoms with van der Waals surface area (Å²) in [7, 11) is 1.64. The van der Waals surface area contributed by atoms with E-state index in [9.17, 15) is 9.59 Å². The first kappa shape index (κ1) is 18.9. The Kier molecular flexibility index (Phi) is 4.87. The summed E-state index contributed by atoms with van der Waals surface area (Å²) < 4.78 is 5.14. The number of nitrogens with zero attached hydrogens (tertiary/aromatic N) is 3. The molecule has 0 unspecified atom stereocenters. The summed E-state index contributed by atoms with van der Waals surface area (Å²) in [5, 5.41) is 3.02. The number of amides is 3. The third-order valence-corrected chi connectivity index (χ3v) is 6.51. The number of aryl methyl sites for hydroxylation is 1. The number of rotatable bonds is 4. The number of methoxy groups -OCH3 is 1. The summed E-state index contributed by atoms with van der Waals surface area (Å²) in [6.07, 6.45) is 1.70. The molecule has 1 spiro atoms. The minimum Gasteiger partial charge on any atom is -0.383 e. The maximum Gasteiger partial charge on any atom is 0.321 e. The van der Waals surface area contributed by atoms with Crippen LogP contribution in [0.1, 0.15) is 25.3 Å². The number of urea groups is 1. The minimum absolute atomic E-state index is 0.0794. The van der Waals surface area contributed by atoms with Gasteiger partial charge in [0.25, 0.3) is 5.91 Å². The van der Waals surface area contributed by atoms with Crippen molar-refractivity contribution in [1.82, 2.24) is 9.80 Å². The van der Waals surface area contributed by atoms with Crippen LogP contribution in [0, 0.1) is 18.8 Å². The number of likely N-dealkylation sites (tertiary alicyclic amines) is 1. The third-order valence-electron chi connectivity index (χ3n) is 6.51. The summed E-state index contributed by atoms with van der Waals surface area (Å²) >= 11 is 0. The molecule has 28 heavy (non-hydrogen) atoms. The maximum absolute atomic E-state index is 13.2. The van der Waals surface area contributed by atoms with Gasteiger partial charge in [0.2, 0.25) is 0 Å². The van der Waals surface area contributed by atoms with Gasteiger partial charge in [0, 0.05) is 31.8 Å². The Balaban J connectivity index is 1.48. The number of benzene rings is 1. The second-order valence-electron chi connectivity index (χ2n) is 8.09. The molecule has 0 bridgehead atoms. The van der Waals surface area contributed by atoms with Crippen molar-refractivity contribution in [1.29, 1.82) is 0 Å². The molecule has 7 heteroatoms. The molecule has 2 heterocycles. The van der Waals surface area contributed by atoms with Crippen LogP contribution < -0.4 is 5.32 Å². The highest BCUT2D eigenvalue weighted by Crippen LogP contribution is 2.50. The van der Waals surface area contributed by atoms with Gasteiger partial charge in [0.15, 0.2) is 0 Å². The molecular weight excluding hydrogens is 356 g/mol. The summed E-state index contributed by atoms with van der Waals surface area (Å²) in [6.45, 7) is 6.15. The topological polar surface area (TPSA) is 74.2 Å². The number of hydrogen-bond acceptors (Lipinski definition) is 4. The van der Waals surface area contributed by atoms with Crippen molar-refractivity contribution < 1.29 is 14.3 Å². The monoisotopic (exact) mass is 384 g/mol. The van der Waals surface area contributed by atoms with Gasteiger partial charge in [0.1, 0.15) is 11.4 Å². The summed E-state index contributed by atoms with van der Waals surface area (Å²) in [4.78, 5) is 34.5. The van der Waals surface area contributed by atoms with E-state index in [1.54, 1.807) is 12.0 Å². The number of nitrogens with one attached hydrogen (secondary N) is 1. The van der Waals surface area contributed by atoms with Gasteiger partial charge in [-0.15, -0.1) is 0 Å². The van der Waals surface area contributed by atoms with Crippen molar-refractivity contribution in [2.45, 2.75) is 32.2 Å². The molecule has 3 amide bonds. The molecule has 3 atom stereocenters. The molecule has 1 aromatic rings. The van der Waals surface area contributed by atoms with E-state index in [1.807, 2.05) is 43.0 Å². The second-order valence-corrected chi connectivity index (χ2v) is 8.09. The molecule has 4 rings (SSSR count). The van der Waals surface area contributed by atoms with Gasteiger partial charge < -0.3 is 15.0 Å². The zero-order valence-electron chi connectivity index (χ0n) is 16.8. The van der Waals surface area contributed by atoms with Crippen molar-refractivity contribution in [3.63, 3.8) is 0 Å². The number of hydrogen-bond donors (Lipinski definition) is 1. The average Bonchev–Trinajstić information content (AvgIpc) is 3.31. The number of fused-ring (bicyclic) bond motifs is 2. The highest BCUT2D eigenvalue weighted by Gasteiger charge is 2.61. The fraction of sp³-hybridized carbons (Fsp3) is 0.571. The normalized spacial score (nSPS) is 28.8. The van der Waals surface area contributed by atoms with Crippen molar-refractivity contribution in [2.24, 2.45) is 16.8 Å². The van der Waals surface area contributed by atoms with Gasteiger partial charge in [-0.3, -0.25) is 14.7 Å². The first-order chi connectivity index (χ1) is 13.5. The van der Waals surface area contributed by atoms with E-state index in [-0.39, 0.29) is 17.9 Å². The van der Waals surface area contributed by atoms with Crippen LogP contribution in [-0.2, 0) is 9.53 Å². The maximum atomic E-state index is 13.2. The molecule has 1 N–H and O–H groups in total. The number of amidine groups is 1. The lowest BCUT2D eigenvalue weighted by molar-refractivity contribution is -0.132. The molecule has 1 saturated heterocycles. The molecule has 150 valence electrons. The van der Waals surface area contributed by atoms with E-state index in [2.05, 4.69) is 5.32 Å². The Morgan fingerprint density at radius 1 is 1.32 bits per heavy atom. The number of aliphatic imine (C=N–C) groups is 1. The smallest absolute Gasteiger partial charge is 0.321 e. The molecule has 1 aliphatic carbocycles.